The topological polar surface area (TPSA) is 59.8 Å². The number of amides is 1. The Morgan fingerprint density at radius 2 is 1.67 bits per heavy atom. The molecule has 3 aromatic carbocycles. The standard InChI is InChI=1S/C23H18Cl2N4O/c1-14-4-3-5-19(12-14)26-23(30)21-27-22(16-7-10-17(24)11-8-16)29(28-21)20-13-18(25)9-6-15(20)2/h3-13H,1-2H3,(H,26,30). The number of aryl methyl sites for hydroxylation is 2. The summed E-state index contributed by atoms with van der Waals surface area (Å²) in [4.78, 5) is 17.4. The Labute approximate surface area is 184 Å². The third-order valence-corrected chi connectivity index (χ3v) is 5.08. The van der Waals surface area contributed by atoms with Crippen molar-refractivity contribution in [2.24, 2.45) is 0 Å². The predicted molar refractivity (Wildman–Crippen MR) is 121 cm³/mol. The Balaban J connectivity index is 1.80. The van der Waals surface area contributed by atoms with Gasteiger partial charge in [-0.15, -0.1) is 5.10 Å². The Bertz CT molecular complexity index is 1230. The second-order valence-electron chi connectivity index (χ2n) is 6.93. The van der Waals surface area contributed by atoms with Crippen LogP contribution in [0.1, 0.15) is 21.7 Å². The zero-order chi connectivity index (χ0) is 21.3. The molecule has 0 bridgehead atoms. The van der Waals surface area contributed by atoms with Crippen LogP contribution in [0.15, 0.2) is 66.7 Å². The molecule has 150 valence electrons. The van der Waals surface area contributed by atoms with E-state index in [0.29, 0.717) is 21.6 Å². The number of hydrogen-bond acceptors (Lipinski definition) is 3. The molecule has 0 atom stereocenters. The molecule has 7 heteroatoms. The van der Waals surface area contributed by atoms with E-state index >= 15 is 0 Å². The maximum atomic E-state index is 12.9. The molecule has 0 unspecified atom stereocenters. The fraction of sp³-hybridized carbons (Fsp3) is 0.0870. The van der Waals surface area contributed by atoms with E-state index in [0.717, 1.165) is 22.4 Å². The van der Waals surface area contributed by atoms with Crippen LogP contribution in [0.4, 0.5) is 5.69 Å². The van der Waals surface area contributed by atoms with Gasteiger partial charge in [-0.1, -0.05) is 41.4 Å². The summed E-state index contributed by atoms with van der Waals surface area (Å²) in [7, 11) is 0. The molecule has 1 heterocycles. The first-order chi connectivity index (χ1) is 14.4. The molecular weight excluding hydrogens is 419 g/mol. The van der Waals surface area contributed by atoms with Crippen molar-refractivity contribution in [2.45, 2.75) is 13.8 Å². The van der Waals surface area contributed by atoms with Crippen LogP contribution in [-0.2, 0) is 0 Å². The molecule has 0 aliphatic rings. The molecule has 0 saturated carbocycles. The molecular formula is C23H18Cl2N4O. The van der Waals surface area contributed by atoms with Crippen LogP contribution >= 0.6 is 23.2 Å². The fourth-order valence-electron chi connectivity index (χ4n) is 3.08. The van der Waals surface area contributed by atoms with E-state index in [1.54, 1.807) is 22.9 Å². The summed E-state index contributed by atoms with van der Waals surface area (Å²) in [6.45, 7) is 3.91. The van der Waals surface area contributed by atoms with Gasteiger partial charge in [0.2, 0.25) is 5.82 Å². The maximum absolute atomic E-state index is 12.9. The number of hydrogen-bond donors (Lipinski definition) is 1. The van der Waals surface area contributed by atoms with E-state index in [1.165, 1.54) is 0 Å². The van der Waals surface area contributed by atoms with E-state index in [1.807, 2.05) is 62.4 Å². The monoisotopic (exact) mass is 436 g/mol. The van der Waals surface area contributed by atoms with Crippen molar-refractivity contribution in [1.82, 2.24) is 14.8 Å². The first-order valence-corrected chi connectivity index (χ1v) is 10.0. The first kappa shape index (κ1) is 20.1. The molecule has 4 rings (SSSR count). The Morgan fingerprint density at radius 1 is 0.933 bits per heavy atom. The fourth-order valence-corrected chi connectivity index (χ4v) is 3.37. The lowest BCUT2D eigenvalue weighted by Gasteiger charge is -2.09. The number of aromatic nitrogens is 3. The Kier molecular flexibility index (Phi) is 5.57. The lowest BCUT2D eigenvalue weighted by molar-refractivity contribution is 0.101. The zero-order valence-electron chi connectivity index (χ0n) is 16.4. The van der Waals surface area contributed by atoms with Crippen LogP contribution in [0.3, 0.4) is 0 Å². The highest BCUT2D eigenvalue weighted by Gasteiger charge is 2.20. The van der Waals surface area contributed by atoms with Gasteiger partial charge in [0, 0.05) is 21.3 Å². The van der Waals surface area contributed by atoms with Crippen molar-refractivity contribution < 1.29 is 4.79 Å². The molecule has 0 spiro atoms. The van der Waals surface area contributed by atoms with Crippen molar-refractivity contribution in [3.8, 4) is 17.1 Å². The van der Waals surface area contributed by atoms with Crippen LogP contribution in [0.25, 0.3) is 17.1 Å². The van der Waals surface area contributed by atoms with Gasteiger partial charge in [0.25, 0.3) is 5.91 Å². The second kappa shape index (κ2) is 8.30. The van der Waals surface area contributed by atoms with E-state index < -0.39 is 5.91 Å². The summed E-state index contributed by atoms with van der Waals surface area (Å²) in [5.74, 6) is 0.182. The number of halogens is 2. The SMILES string of the molecule is Cc1cccc(NC(=O)c2nc(-c3ccc(Cl)cc3)n(-c3cc(Cl)ccc3C)n2)c1. The van der Waals surface area contributed by atoms with Gasteiger partial charge in [-0.25, -0.2) is 9.67 Å². The van der Waals surface area contributed by atoms with Crippen LogP contribution in [0, 0.1) is 13.8 Å². The van der Waals surface area contributed by atoms with Crippen molar-refractivity contribution in [3.05, 3.63) is 93.7 Å². The van der Waals surface area contributed by atoms with Gasteiger partial charge < -0.3 is 5.32 Å². The zero-order valence-corrected chi connectivity index (χ0v) is 17.9. The van der Waals surface area contributed by atoms with E-state index in [4.69, 9.17) is 23.2 Å². The van der Waals surface area contributed by atoms with Gasteiger partial charge >= 0.3 is 0 Å². The molecule has 0 radical (unpaired) electrons. The Morgan fingerprint density at radius 3 is 2.40 bits per heavy atom. The quantitative estimate of drug-likeness (QED) is 0.419. The highest BCUT2D eigenvalue weighted by atomic mass is 35.5. The molecule has 1 amide bonds. The molecule has 0 fully saturated rings. The highest BCUT2D eigenvalue weighted by Crippen LogP contribution is 2.26. The van der Waals surface area contributed by atoms with Gasteiger partial charge in [-0.05, 0) is 73.5 Å². The van der Waals surface area contributed by atoms with Gasteiger partial charge in [-0.3, -0.25) is 4.79 Å². The van der Waals surface area contributed by atoms with Crippen LogP contribution < -0.4 is 5.32 Å². The number of nitrogens with zero attached hydrogens (tertiary/aromatic N) is 3. The third-order valence-electron chi connectivity index (χ3n) is 4.59. The van der Waals surface area contributed by atoms with E-state index in [9.17, 15) is 4.79 Å². The van der Waals surface area contributed by atoms with E-state index in [2.05, 4.69) is 15.4 Å². The van der Waals surface area contributed by atoms with Gasteiger partial charge in [0.05, 0.1) is 5.69 Å². The average Bonchev–Trinajstić information content (AvgIpc) is 3.16. The number of carbonyl (C=O) groups is 1. The van der Waals surface area contributed by atoms with Gasteiger partial charge in [-0.2, -0.15) is 0 Å². The van der Waals surface area contributed by atoms with Crippen molar-refractivity contribution in [3.63, 3.8) is 0 Å². The summed E-state index contributed by atoms with van der Waals surface area (Å²) in [6.07, 6.45) is 0. The van der Waals surface area contributed by atoms with E-state index in [-0.39, 0.29) is 5.82 Å². The minimum atomic E-state index is -0.394. The molecule has 0 aliphatic heterocycles. The minimum absolute atomic E-state index is 0.0563. The second-order valence-corrected chi connectivity index (χ2v) is 7.80. The van der Waals surface area contributed by atoms with Crippen LogP contribution in [-0.4, -0.2) is 20.7 Å². The first-order valence-electron chi connectivity index (χ1n) is 9.28. The van der Waals surface area contributed by atoms with Gasteiger partial charge in [0.15, 0.2) is 5.82 Å². The third kappa shape index (κ3) is 4.22. The normalized spacial score (nSPS) is 10.8. The Hall–Kier alpha value is -3.15. The van der Waals surface area contributed by atoms with Gasteiger partial charge in [0.1, 0.15) is 0 Å². The number of rotatable bonds is 4. The number of carbonyl (C=O) groups excluding carboxylic acids is 1. The summed E-state index contributed by atoms with van der Waals surface area (Å²) in [6, 6.07) is 20.3. The smallest absolute Gasteiger partial charge is 0.295 e. The lowest BCUT2D eigenvalue weighted by atomic mass is 10.2. The van der Waals surface area contributed by atoms with Crippen molar-refractivity contribution in [1.29, 1.82) is 0 Å². The minimum Gasteiger partial charge on any atom is -0.319 e. The summed E-state index contributed by atoms with van der Waals surface area (Å²) in [5.41, 5.74) is 4.20. The predicted octanol–water partition coefficient (Wildman–Crippen LogP) is 6.11. The largest absolute Gasteiger partial charge is 0.319 e. The summed E-state index contributed by atoms with van der Waals surface area (Å²) in [5, 5.41) is 8.54. The van der Waals surface area contributed by atoms with Crippen molar-refractivity contribution >= 4 is 34.8 Å². The average molecular weight is 437 g/mol. The van der Waals surface area contributed by atoms with Crippen LogP contribution in [0.2, 0.25) is 10.0 Å². The summed E-state index contributed by atoms with van der Waals surface area (Å²) >= 11 is 12.3. The van der Waals surface area contributed by atoms with Crippen molar-refractivity contribution in [2.75, 3.05) is 5.32 Å². The molecule has 1 aromatic heterocycles. The van der Waals surface area contributed by atoms with Crippen LogP contribution in [0.5, 0.6) is 0 Å². The molecule has 4 aromatic rings. The highest BCUT2D eigenvalue weighted by molar-refractivity contribution is 6.31. The molecule has 1 N–H and O–H groups in total. The molecule has 0 saturated heterocycles. The molecule has 0 aliphatic carbocycles. The number of nitrogens with one attached hydrogen (secondary N) is 1. The maximum Gasteiger partial charge on any atom is 0.295 e. The number of benzene rings is 3. The summed E-state index contributed by atoms with van der Waals surface area (Å²) < 4.78 is 1.63. The number of anilines is 1. The molecule has 5 nitrogen and oxygen atoms in total. The lowest BCUT2D eigenvalue weighted by Crippen LogP contribution is -2.14. The molecule has 30 heavy (non-hydrogen) atoms.